The fourth-order valence-corrected chi connectivity index (χ4v) is 3.79. The number of amides is 1. The van der Waals surface area contributed by atoms with Crippen LogP contribution in [0.4, 0.5) is 5.69 Å². The van der Waals surface area contributed by atoms with Gasteiger partial charge in [0.25, 0.3) is 5.56 Å². The molecule has 0 aliphatic carbocycles. The standard InChI is InChI=1S/C19H19ClN4O3S/c1-12(10-27-2)24-18(26)13-6-3-4-7-14(13)23-19(24)28-11-16(25)22-15-8-5-9-21-17(15)20/h3-9,12H,10-11H2,1-2H3,(H,22,25)/t12-/m1/s1. The molecule has 0 saturated heterocycles. The molecular weight excluding hydrogens is 400 g/mol. The largest absolute Gasteiger partial charge is 0.383 e. The van der Waals surface area contributed by atoms with Crippen LogP contribution in [0.1, 0.15) is 13.0 Å². The number of nitrogens with one attached hydrogen (secondary N) is 1. The zero-order valence-corrected chi connectivity index (χ0v) is 17.0. The molecular formula is C19H19ClN4O3S. The third-order valence-corrected chi connectivity index (χ3v) is 5.24. The SMILES string of the molecule is COC[C@@H](C)n1c(SCC(=O)Nc2cccnc2Cl)nc2ccccc2c1=O. The zero-order chi connectivity index (χ0) is 20.1. The van der Waals surface area contributed by atoms with E-state index in [2.05, 4.69) is 15.3 Å². The number of hydrogen-bond donors (Lipinski definition) is 1. The predicted molar refractivity (Wildman–Crippen MR) is 111 cm³/mol. The number of carbonyl (C=O) groups is 1. The Hall–Kier alpha value is -2.42. The number of benzene rings is 1. The molecule has 0 aliphatic heterocycles. The molecule has 2 aromatic heterocycles. The summed E-state index contributed by atoms with van der Waals surface area (Å²) in [6.45, 7) is 2.23. The molecule has 1 atom stereocenters. The highest BCUT2D eigenvalue weighted by molar-refractivity contribution is 7.99. The van der Waals surface area contributed by atoms with Crippen LogP contribution in [0, 0.1) is 0 Å². The molecule has 2 heterocycles. The summed E-state index contributed by atoms with van der Waals surface area (Å²) in [6.07, 6.45) is 1.54. The van der Waals surface area contributed by atoms with Crippen molar-refractivity contribution in [2.24, 2.45) is 0 Å². The van der Waals surface area contributed by atoms with Gasteiger partial charge in [0, 0.05) is 13.3 Å². The number of anilines is 1. The van der Waals surface area contributed by atoms with Crippen LogP contribution in [-0.2, 0) is 9.53 Å². The minimum Gasteiger partial charge on any atom is -0.383 e. The van der Waals surface area contributed by atoms with E-state index in [9.17, 15) is 9.59 Å². The lowest BCUT2D eigenvalue weighted by Gasteiger charge is -2.18. The molecule has 7 nitrogen and oxygen atoms in total. The molecule has 0 fully saturated rings. The van der Waals surface area contributed by atoms with Crippen LogP contribution < -0.4 is 10.9 Å². The molecule has 0 unspecified atom stereocenters. The van der Waals surface area contributed by atoms with Crippen LogP contribution in [0.15, 0.2) is 52.5 Å². The molecule has 0 spiro atoms. The van der Waals surface area contributed by atoms with Crippen molar-refractivity contribution in [3.8, 4) is 0 Å². The molecule has 0 bridgehead atoms. The van der Waals surface area contributed by atoms with Crippen molar-refractivity contribution in [1.82, 2.24) is 14.5 Å². The first-order valence-electron chi connectivity index (χ1n) is 8.54. The number of nitrogens with zero attached hydrogens (tertiary/aromatic N) is 3. The molecule has 3 rings (SSSR count). The number of pyridine rings is 1. The number of methoxy groups -OCH3 is 1. The van der Waals surface area contributed by atoms with Gasteiger partial charge in [0.2, 0.25) is 5.91 Å². The molecule has 0 saturated carbocycles. The average molecular weight is 419 g/mol. The summed E-state index contributed by atoms with van der Waals surface area (Å²) in [5.41, 5.74) is 0.867. The lowest BCUT2D eigenvalue weighted by Crippen LogP contribution is -2.29. The minimum absolute atomic E-state index is 0.0652. The molecule has 1 aromatic carbocycles. The van der Waals surface area contributed by atoms with E-state index in [-0.39, 0.29) is 28.4 Å². The normalized spacial score (nSPS) is 12.1. The highest BCUT2D eigenvalue weighted by Gasteiger charge is 2.18. The second kappa shape index (κ2) is 9.18. The topological polar surface area (TPSA) is 86.1 Å². The van der Waals surface area contributed by atoms with Crippen molar-refractivity contribution in [2.75, 3.05) is 24.8 Å². The smallest absolute Gasteiger partial charge is 0.262 e. The van der Waals surface area contributed by atoms with E-state index in [4.69, 9.17) is 16.3 Å². The van der Waals surface area contributed by atoms with Gasteiger partial charge in [-0.25, -0.2) is 9.97 Å². The lowest BCUT2D eigenvalue weighted by atomic mass is 10.2. The van der Waals surface area contributed by atoms with Crippen LogP contribution >= 0.6 is 23.4 Å². The van der Waals surface area contributed by atoms with Gasteiger partial charge in [-0.2, -0.15) is 0 Å². The number of rotatable bonds is 7. The van der Waals surface area contributed by atoms with Gasteiger partial charge < -0.3 is 10.1 Å². The van der Waals surface area contributed by atoms with Gasteiger partial charge in [-0.15, -0.1) is 0 Å². The van der Waals surface area contributed by atoms with Crippen molar-refractivity contribution in [2.45, 2.75) is 18.1 Å². The Morgan fingerprint density at radius 2 is 2.11 bits per heavy atom. The monoisotopic (exact) mass is 418 g/mol. The van der Waals surface area contributed by atoms with Crippen molar-refractivity contribution < 1.29 is 9.53 Å². The lowest BCUT2D eigenvalue weighted by molar-refractivity contribution is -0.113. The van der Waals surface area contributed by atoms with Crippen LogP contribution in [-0.4, -0.2) is 39.9 Å². The summed E-state index contributed by atoms with van der Waals surface area (Å²) in [7, 11) is 1.58. The number of aromatic nitrogens is 3. The number of hydrogen-bond acceptors (Lipinski definition) is 6. The first kappa shape index (κ1) is 20.3. The number of fused-ring (bicyclic) bond motifs is 1. The molecule has 0 aliphatic rings. The third-order valence-electron chi connectivity index (χ3n) is 3.99. The molecule has 146 valence electrons. The Morgan fingerprint density at radius 1 is 1.32 bits per heavy atom. The van der Waals surface area contributed by atoms with Gasteiger partial charge in [-0.1, -0.05) is 35.5 Å². The fraction of sp³-hybridized carbons (Fsp3) is 0.263. The number of halogens is 1. The Labute approximate surface area is 171 Å². The highest BCUT2D eigenvalue weighted by atomic mass is 35.5. The van der Waals surface area contributed by atoms with Crippen molar-refractivity contribution in [3.05, 3.63) is 58.1 Å². The Balaban J connectivity index is 1.87. The number of carbonyl (C=O) groups excluding carboxylic acids is 1. The average Bonchev–Trinajstić information content (AvgIpc) is 2.68. The van der Waals surface area contributed by atoms with E-state index in [1.54, 1.807) is 48.2 Å². The van der Waals surface area contributed by atoms with Crippen molar-refractivity contribution in [3.63, 3.8) is 0 Å². The molecule has 3 aromatic rings. The quantitative estimate of drug-likeness (QED) is 0.359. The Kier molecular flexibility index (Phi) is 6.66. The predicted octanol–water partition coefficient (Wildman–Crippen LogP) is 3.38. The first-order chi connectivity index (χ1) is 13.5. The Bertz CT molecular complexity index is 1060. The van der Waals surface area contributed by atoms with Gasteiger partial charge in [-0.3, -0.25) is 14.2 Å². The minimum atomic E-state index is -0.270. The number of thioether (sulfide) groups is 1. The van der Waals surface area contributed by atoms with Gasteiger partial charge in [0.1, 0.15) is 0 Å². The third kappa shape index (κ3) is 4.52. The fourth-order valence-electron chi connectivity index (χ4n) is 2.73. The van der Waals surface area contributed by atoms with Crippen molar-refractivity contribution in [1.29, 1.82) is 0 Å². The van der Waals surface area contributed by atoms with Gasteiger partial charge in [0.05, 0.1) is 35.0 Å². The summed E-state index contributed by atoms with van der Waals surface area (Å²) < 4.78 is 6.77. The van der Waals surface area contributed by atoms with Crippen LogP contribution in [0.3, 0.4) is 0 Å². The van der Waals surface area contributed by atoms with Crippen LogP contribution in [0.25, 0.3) is 10.9 Å². The summed E-state index contributed by atoms with van der Waals surface area (Å²) in [6, 6.07) is 10.3. The maximum atomic E-state index is 13.0. The molecule has 9 heteroatoms. The van der Waals surface area contributed by atoms with E-state index in [0.29, 0.717) is 28.4 Å². The van der Waals surface area contributed by atoms with E-state index in [1.165, 1.54) is 11.8 Å². The maximum absolute atomic E-state index is 13.0. The second-order valence-electron chi connectivity index (χ2n) is 6.07. The van der Waals surface area contributed by atoms with Crippen LogP contribution in [0.5, 0.6) is 0 Å². The van der Waals surface area contributed by atoms with Gasteiger partial charge >= 0.3 is 0 Å². The number of ether oxygens (including phenoxy) is 1. The second-order valence-corrected chi connectivity index (χ2v) is 7.37. The molecule has 28 heavy (non-hydrogen) atoms. The molecule has 0 radical (unpaired) electrons. The summed E-state index contributed by atoms with van der Waals surface area (Å²) in [5, 5.41) is 3.92. The van der Waals surface area contributed by atoms with Crippen LogP contribution in [0.2, 0.25) is 5.15 Å². The van der Waals surface area contributed by atoms with E-state index >= 15 is 0 Å². The highest BCUT2D eigenvalue weighted by Crippen LogP contribution is 2.22. The molecule has 1 N–H and O–H groups in total. The van der Waals surface area contributed by atoms with Crippen molar-refractivity contribution >= 4 is 45.9 Å². The Morgan fingerprint density at radius 3 is 2.86 bits per heavy atom. The maximum Gasteiger partial charge on any atom is 0.262 e. The number of para-hydroxylation sites is 1. The first-order valence-corrected chi connectivity index (χ1v) is 9.91. The summed E-state index contributed by atoms with van der Waals surface area (Å²) in [4.78, 5) is 33.8. The summed E-state index contributed by atoms with van der Waals surface area (Å²) in [5.74, 6) is -0.205. The van der Waals surface area contributed by atoms with Gasteiger partial charge in [0.15, 0.2) is 10.3 Å². The molecule has 1 amide bonds. The van der Waals surface area contributed by atoms with E-state index in [1.807, 2.05) is 13.0 Å². The van der Waals surface area contributed by atoms with E-state index < -0.39 is 0 Å². The summed E-state index contributed by atoms with van der Waals surface area (Å²) >= 11 is 7.15. The van der Waals surface area contributed by atoms with E-state index in [0.717, 1.165) is 0 Å². The van der Waals surface area contributed by atoms with Gasteiger partial charge in [-0.05, 0) is 31.2 Å². The zero-order valence-electron chi connectivity index (χ0n) is 15.4.